The predicted molar refractivity (Wildman–Crippen MR) is 79.7 cm³/mol. The van der Waals surface area contributed by atoms with Gasteiger partial charge in [0.15, 0.2) is 0 Å². The Balaban J connectivity index is 2.04. The molecule has 2 rings (SSSR count). The van der Waals surface area contributed by atoms with Gasteiger partial charge in [-0.05, 0) is 64.9 Å². The fourth-order valence-corrected chi connectivity index (χ4v) is 2.11. The van der Waals surface area contributed by atoms with Crippen molar-refractivity contribution in [3.63, 3.8) is 0 Å². The van der Waals surface area contributed by atoms with E-state index in [2.05, 4.69) is 46.9 Å². The van der Waals surface area contributed by atoms with E-state index in [0.29, 0.717) is 11.6 Å². The topological polar surface area (TPSA) is 9.23 Å². The van der Waals surface area contributed by atoms with Crippen LogP contribution in [-0.4, -0.2) is 0 Å². The summed E-state index contributed by atoms with van der Waals surface area (Å²) in [6.45, 7) is 2.55. The van der Waals surface area contributed by atoms with Crippen LogP contribution >= 0.6 is 34.2 Å². The van der Waals surface area contributed by atoms with Gasteiger partial charge in [-0.15, -0.1) is 0 Å². The molecule has 1 nitrogen and oxygen atoms in total. The monoisotopic (exact) mass is 358 g/mol. The number of ether oxygens (including phenoxy) is 1. The lowest BCUT2D eigenvalue weighted by Crippen LogP contribution is -1.96. The molecule has 17 heavy (non-hydrogen) atoms. The Kier molecular flexibility index (Phi) is 4.29. The van der Waals surface area contributed by atoms with E-state index in [1.165, 1.54) is 3.57 Å². The summed E-state index contributed by atoms with van der Waals surface area (Å²) in [6, 6.07) is 14.1. The van der Waals surface area contributed by atoms with Crippen LogP contribution in [0.4, 0.5) is 0 Å². The Bertz CT molecular complexity index is 508. The van der Waals surface area contributed by atoms with Gasteiger partial charge < -0.3 is 4.74 Å². The minimum atomic E-state index is 0.541. The second kappa shape index (κ2) is 5.74. The molecule has 0 aromatic heterocycles. The summed E-state index contributed by atoms with van der Waals surface area (Å²) in [4.78, 5) is 0. The highest BCUT2D eigenvalue weighted by Gasteiger charge is 2.02. The lowest BCUT2D eigenvalue weighted by atomic mass is 10.2. The fourth-order valence-electron chi connectivity index (χ4n) is 1.46. The van der Waals surface area contributed by atoms with E-state index >= 15 is 0 Å². The maximum atomic E-state index is 6.09. The predicted octanol–water partition coefficient (Wildman–Crippen LogP) is 4.83. The second-order valence-electron chi connectivity index (χ2n) is 3.85. The van der Waals surface area contributed by atoms with Crippen molar-refractivity contribution < 1.29 is 4.74 Å². The molecule has 0 bridgehead atoms. The van der Waals surface area contributed by atoms with Gasteiger partial charge in [-0.3, -0.25) is 0 Å². The van der Waals surface area contributed by atoms with Gasteiger partial charge >= 0.3 is 0 Å². The molecule has 2 aromatic carbocycles. The zero-order valence-corrected chi connectivity index (χ0v) is 12.3. The van der Waals surface area contributed by atoms with Gasteiger partial charge in [-0.25, -0.2) is 0 Å². The first-order valence-electron chi connectivity index (χ1n) is 5.28. The molecule has 88 valence electrons. The molecular formula is C14H12ClIO. The lowest BCUT2D eigenvalue weighted by molar-refractivity contribution is 0.306. The van der Waals surface area contributed by atoms with Crippen LogP contribution in [0.2, 0.25) is 5.02 Å². The molecule has 0 saturated heterocycles. The number of hydrogen-bond acceptors (Lipinski definition) is 1. The van der Waals surface area contributed by atoms with Crippen LogP contribution in [0.3, 0.4) is 0 Å². The summed E-state index contributed by atoms with van der Waals surface area (Å²) in [5.74, 6) is 0.732. The number of benzene rings is 2. The minimum absolute atomic E-state index is 0.541. The lowest BCUT2D eigenvalue weighted by Gasteiger charge is -2.08. The van der Waals surface area contributed by atoms with Crippen molar-refractivity contribution >= 4 is 34.2 Å². The maximum absolute atomic E-state index is 6.09. The summed E-state index contributed by atoms with van der Waals surface area (Å²) in [5, 5.41) is 0.663. The van der Waals surface area contributed by atoms with Gasteiger partial charge in [0.1, 0.15) is 12.4 Å². The molecule has 0 spiro atoms. The fraction of sp³-hybridized carbons (Fsp3) is 0.143. The second-order valence-corrected chi connectivity index (χ2v) is 5.50. The third kappa shape index (κ3) is 3.61. The Morgan fingerprint density at radius 2 is 1.82 bits per heavy atom. The van der Waals surface area contributed by atoms with Crippen LogP contribution < -0.4 is 4.74 Å². The molecule has 2 aromatic rings. The van der Waals surface area contributed by atoms with Crippen molar-refractivity contribution in [2.75, 3.05) is 0 Å². The molecule has 0 unspecified atom stereocenters. The molecule has 0 saturated carbocycles. The normalized spacial score (nSPS) is 10.3. The smallest absolute Gasteiger partial charge is 0.138 e. The van der Waals surface area contributed by atoms with Crippen molar-refractivity contribution in [2.24, 2.45) is 0 Å². The van der Waals surface area contributed by atoms with Gasteiger partial charge in [0.25, 0.3) is 0 Å². The number of hydrogen-bond donors (Lipinski definition) is 0. The van der Waals surface area contributed by atoms with Gasteiger partial charge in [0.2, 0.25) is 0 Å². The molecule has 0 radical (unpaired) electrons. The third-order valence-corrected chi connectivity index (χ3v) is 3.41. The minimum Gasteiger partial charge on any atom is -0.487 e. The first kappa shape index (κ1) is 12.7. The molecule has 0 aliphatic rings. The Morgan fingerprint density at radius 3 is 2.47 bits per heavy atom. The quantitative estimate of drug-likeness (QED) is 0.714. The summed E-state index contributed by atoms with van der Waals surface area (Å²) >= 11 is 8.38. The van der Waals surface area contributed by atoms with Crippen molar-refractivity contribution in [1.82, 2.24) is 0 Å². The summed E-state index contributed by atoms with van der Waals surface area (Å²) < 4.78 is 6.91. The average Bonchev–Trinajstić information content (AvgIpc) is 2.30. The number of aryl methyl sites for hydroxylation is 1. The largest absolute Gasteiger partial charge is 0.487 e. The summed E-state index contributed by atoms with van der Waals surface area (Å²) in [7, 11) is 0. The molecule has 0 aliphatic carbocycles. The maximum Gasteiger partial charge on any atom is 0.138 e. The molecule has 0 atom stereocenters. The van der Waals surface area contributed by atoms with E-state index < -0.39 is 0 Å². The van der Waals surface area contributed by atoms with Crippen LogP contribution in [-0.2, 0) is 6.61 Å². The van der Waals surface area contributed by atoms with Crippen LogP contribution in [0.15, 0.2) is 42.5 Å². The van der Waals surface area contributed by atoms with E-state index in [-0.39, 0.29) is 0 Å². The van der Waals surface area contributed by atoms with E-state index in [4.69, 9.17) is 16.3 Å². The van der Waals surface area contributed by atoms with Crippen molar-refractivity contribution in [2.45, 2.75) is 13.5 Å². The average molecular weight is 359 g/mol. The Morgan fingerprint density at radius 1 is 1.12 bits per heavy atom. The van der Waals surface area contributed by atoms with Crippen molar-refractivity contribution in [3.8, 4) is 5.75 Å². The number of rotatable bonds is 3. The van der Waals surface area contributed by atoms with Crippen LogP contribution in [0.25, 0.3) is 0 Å². The van der Waals surface area contributed by atoms with Gasteiger partial charge in [-0.1, -0.05) is 29.8 Å². The summed E-state index contributed by atoms with van der Waals surface area (Å²) in [5.41, 5.74) is 2.28. The number of halogens is 2. The molecule has 3 heteroatoms. The summed E-state index contributed by atoms with van der Waals surface area (Å²) in [6.07, 6.45) is 0. The Hall–Kier alpha value is -0.740. The first-order valence-corrected chi connectivity index (χ1v) is 6.74. The van der Waals surface area contributed by atoms with Crippen LogP contribution in [0.5, 0.6) is 5.75 Å². The van der Waals surface area contributed by atoms with Crippen LogP contribution in [0, 0.1) is 10.5 Å². The molecule has 0 amide bonds. The highest BCUT2D eigenvalue weighted by Crippen LogP contribution is 2.26. The molecule has 0 aliphatic heterocycles. The molecular weight excluding hydrogens is 347 g/mol. The van der Waals surface area contributed by atoms with Gasteiger partial charge in [-0.2, -0.15) is 0 Å². The zero-order chi connectivity index (χ0) is 12.3. The van der Waals surface area contributed by atoms with E-state index in [0.717, 1.165) is 16.9 Å². The highest BCUT2D eigenvalue weighted by molar-refractivity contribution is 14.1. The van der Waals surface area contributed by atoms with Crippen LogP contribution in [0.1, 0.15) is 11.1 Å². The van der Waals surface area contributed by atoms with E-state index in [9.17, 15) is 0 Å². The molecule has 0 N–H and O–H groups in total. The first-order chi connectivity index (χ1) is 8.15. The highest BCUT2D eigenvalue weighted by atomic mass is 127. The standard InChI is InChI=1S/C14H12ClIO/c1-10-2-7-14(13(15)8-10)17-9-11-3-5-12(16)6-4-11/h2-8H,9H2,1H3. The van der Waals surface area contributed by atoms with Crippen molar-refractivity contribution in [1.29, 1.82) is 0 Å². The van der Waals surface area contributed by atoms with Gasteiger partial charge in [0.05, 0.1) is 5.02 Å². The van der Waals surface area contributed by atoms with Gasteiger partial charge in [0, 0.05) is 3.57 Å². The molecule has 0 heterocycles. The third-order valence-electron chi connectivity index (χ3n) is 2.39. The van der Waals surface area contributed by atoms with E-state index in [1.54, 1.807) is 0 Å². The van der Waals surface area contributed by atoms with Crippen molar-refractivity contribution in [3.05, 3.63) is 62.2 Å². The molecule has 0 fully saturated rings. The zero-order valence-electron chi connectivity index (χ0n) is 9.41. The van der Waals surface area contributed by atoms with E-state index in [1.807, 2.05) is 25.1 Å². The Labute approximate surface area is 120 Å². The SMILES string of the molecule is Cc1ccc(OCc2ccc(I)cc2)c(Cl)c1.